The number of benzene rings is 1. The molecule has 3 heterocycles. The molecule has 1 N–H and O–H groups in total. The smallest absolute Gasteiger partial charge is 0.157 e. The monoisotopic (exact) mass is 401 g/mol. The summed E-state index contributed by atoms with van der Waals surface area (Å²) < 4.78 is 14.9. The fraction of sp³-hybridized carbons (Fsp3) is 0.227. The van der Waals surface area contributed by atoms with E-state index in [4.69, 9.17) is 0 Å². The highest BCUT2D eigenvalue weighted by atomic mass is 19.1. The van der Waals surface area contributed by atoms with Crippen molar-refractivity contribution < 1.29 is 4.39 Å². The summed E-state index contributed by atoms with van der Waals surface area (Å²) in [4.78, 5) is 8.72. The average Bonchev–Trinajstić information content (AvgIpc) is 3.28. The molecule has 4 rings (SSSR count). The summed E-state index contributed by atoms with van der Waals surface area (Å²) in [7, 11) is 0. The number of nitrogens with zero attached hydrogens (tertiary/aromatic N) is 6. The zero-order chi connectivity index (χ0) is 21.3. The van der Waals surface area contributed by atoms with E-state index in [2.05, 4.69) is 38.3 Å². The van der Waals surface area contributed by atoms with Gasteiger partial charge in [-0.15, -0.1) is 0 Å². The zero-order valence-corrected chi connectivity index (χ0v) is 16.9. The van der Waals surface area contributed by atoms with Crippen LogP contribution >= 0.6 is 0 Å². The lowest BCUT2D eigenvalue weighted by Crippen LogP contribution is -2.05. The van der Waals surface area contributed by atoms with Gasteiger partial charge in [-0.1, -0.05) is 6.92 Å². The molecule has 0 saturated heterocycles. The van der Waals surface area contributed by atoms with Crippen molar-refractivity contribution in [3.8, 4) is 23.1 Å². The van der Waals surface area contributed by atoms with Gasteiger partial charge < -0.3 is 0 Å². The van der Waals surface area contributed by atoms with Gasteiger partial charge in [0, 0.05) is 29.3 Å². The Balaban J connectivity index is 1.67. The molecular weight excluding hydrogens is 381 g/mol. The van der Waals surface area contributed by atoms with Crippen LogP contribution in [0.5, 0.6) is 0 Å². The molecule has 1 aromatic carbocycles. The zero-order valence-electron chi connectivity index (χ0n) is 16.9. The molecule has 0 spiro atoms. The van der Waals surface area contributed by atoms with Gasteiger partial charge in [0.2, 0.25) is 0 Å². The molecule has 4 aromatic rings. The Morgan fingerprint density at radius 2 is 1.93 bits per heavy atom. The third kappa shape index (κ3) is 3.46. The lowest BCUT2D eigenvalue weighted by atomic mass is 10.0. The Morgan fingerprint density at radius 3 is 2.60 bits per heavy atom. The van der Waals surface area contributed by atoms with Gasteiger partial charge in [0.1, 0.15) is 18.2 Å². The van der Waals surface area contributed by atoms with Crippen LogP contribution in [0.15, 0.2) is 36.7 Å². The lowest BCUT2D eigenvalue weighted by Gasteiger charge is -2.07. The van der Waals surface area contributed by atoms with Crippen molar-refractivity contribution in [3.63, 3.8) is 0 Å². The molecule has 0 aliphatic carbocycles. The van der Waals surface area contributed by atoms with Crippen molar-refractivity contribution in [2.75, 3.05) is 0 Å². The quantitative estimate of drug-likeness (QED) is 0.548. The molecule has 7 nitrogen and oxygen atoms in total. The first kappa shape index (κ1) is 19.5. The number of H-pyrrole nitrogens is 1. The number of aryl methyl sites for hydroxylation is 1. The van der Waals surface area contributed by atoms with Crippen LogP contribution in [0.2, 0.25) is 0 Å². The molecule has 0 amide bonds. The Bertz CT molecular complexity index is 1250. The standard InChI is InChI=1S/C22H20FN7/c1-4-18-20(27-28-22(18)15-5-7-16(23)8-6-15)9-17-10-21(26-12-25-17)30-14(3)19(11-24)13(2)29-30/h5-8,10,12H,4,9H2,1-3H3,(H,27,28). The topological polar surface area (TPSA) is 96.1 Å². The second kappa shape index (κ2) is 7.87. The second-order valence-corrected chi connectivity index (χ2v) is 7.00. The van der Waals surface area contributed by atoms with Gasteiger partial charge >= 0.3 is 0 Å². The maximum Gasteiger partial charge on any atom is 0.157 e. The van der Waals surface area contributed by atoms with Crippen LogP contribution in [0.4, 0.5) is 4.39 Å². The van der Waals surface area contributed by atoms with Crippen LogP contribution in [0.3, 0.4) is 0 Å². The van der Waals surface area contributed by atoms with Crippen molar-refractivity contribution in [1.82, 2.24) is 29.9 Å². The molecule has 0 fully saturated rings. The van der Waals surface area contributed by atoms with Gasteiger partial charge in [-0.05, 0) is 44.5 Å². The minimum Gasteiger partial charge on any atom is -0.281 e. The Hall–Kier alpha value is -3.86. The molecule has 150 valence electrons. The Labute approximate surface area is 173 Å². The fourth-order valence-electron chi connectivity index (χ4n) is 3.58. The molecule has 0 atom stereocenters. The normalized spacial score (nSPS) is 10.9. The summed E-state index contributed by atoms with van der Waals surface area (Å²) in [6.45, 7) is 5.71. The van der Waals surface area contributed by atoms with Gasteiger partial charge in [0.25, 0.3) is 0 Å². The number of rotatable bonds is 5. The molecule has 3 aromatic heterocycles. The molecule has 30 heavy (non-hydrogen) atoms. The summed E-state index contributed by atoms with van der Waals surface area (Å²) >= 11 is 0. The van der Waals surface area contributed by atoms with E-state index < -0.39 is 0 Å². The van der Waals surface area contributed by atoms with Crippen LogP contribution in [0.25, 0.3) is 17.1 Å². The van der Waals surface area contributed by atoms with E-state index >= 15 is 0 Å². The highest BCUT2D eigenvalue weighted by Crippen LogP contribution is 2.26. The van der Waals surface area contributed by atoms with Crippen LogP contribution in [0, 0.1) is 31.0 Å². The van der Waals surface area contributed by atoms with E-state index in [1.165, 1.54) is 18.5 Å². The molecule has 0 saturated carbocycles. The summed E-state index contributed by atoms with van der Waals surface area (Å²) in [6, 6.07) is 10.4. The van der Waals surface area contributed by atoms with Crippen molar-refractivity contribution in [1.29, 1.82) is 5.26 Å². The summed E-state index contributed by atoms with van der Waals surface area (Å²) in [6.07, 6.45) is 2.81. The Morgan fingerprint density at radius 1 is 1.17 bits per heavy atom. The van der Waals surface area contributed by atoms with Crippen LogP contribution < -0.4 is 0 Å². The van der Waals surface area contributed by atoms with Crippen LogP contribution in [0.1, 0.15) is 40.8 Å². The van der Waals surface area contributed by atoms with E-state index in [0.717, 1.165) is 40.3 Å². The number of hydrogen-bond donors (Lipinski definition) is 1. The first-order valence-electron chi connectivity index (χ1n) is 9.61. The van der Waals surface area contributed by atoms with E-state index in [1.807, 2.05) is 13.0 Å². The first-order valence-corrected chi connectivity index (χ1v) is 9.61. The van der Waals surface area contributed by atoms with Gasteiger partial charge in [-0.3, -0.25) is 5.10 Å². The maximum atomic E-state index is 13.3. The van der Waals surface area contributed by atoms with E-state index in [1.54, 1.807) is 23.7 Å². The molecule has 0 bridgehead atoms. The first-order chi connectivity index (χ1) is 14.5. The number of nitriles is 1. The molecule has 0 radical (unpaired) electrons. The van der Waals surface area contributed by atoms with Crippen LogP contribution in [-0.4, -0.2) is 29.9 Å². The van der Waals surface area contributed by atoms with E-state index in [9.17, 15) is 9.65 Å². The number of nitrogens with one attached hydrogen (secondary N) is 1. The van der Waals surface area contributed by atoms with Gasteiger partial charge in [0.15, 0.2) is 5.82 Å². The highest BCUT2D eigenvalue weighted by Gasteiger charge is 2.16. The van der Waals surface area contributed by atoms with E-state index in [0.29, 0.717) is 23.5 Å². The predicted octanol–water partition coefficient (Wildman–Crippen LogP) is 3.83. The fourth-order valence-corrected chi connectivity index (χ4v) is 3.58. The van der Waals surface area contributed by atoms with Crippen molar-refractivity contribution in [2.24, 2.45) is 0 Å². The third-order valence-electron chi connectivity index (χ3n) is 5.11. The molecule has 0 aliphatic rings. The highest BCUT2D eigenvalue weighted by molar-refractivity contribution is 5.64. The third-order valence-corrected chi connectivity index (χ3v) is 5.11. The summed E-state index contributed by atoms with van der Waals surface area (Å²) in [5, 5.41) is 21.3. The predicted molar refractivity (Wildman–Crippen MR) is 110 cm³/mol. The lowest BCUT2D eigenvalue weighted by molar-refractivity contribution is 0.628. The number of hydrogen-bond acceptors (Lipinski definition) is 5. The van der Waals surface area contributed by atoms with Crippen molar-refractivity contribution in [2.45, 2.75) is 33.6 Å². The maximum absolute atomic E-state index is 13.3. The average molecular weight is 401 g/mol. The number of halogens is 1. The minimum absolute atomic E-state index is 0.273. The number of aromatic amines is 1. The van der Waals surface area contributed by atoms with Gasteiger partial charge in [-0.25, -0.2) is 19.0 Å². The second-order valence-electron chi connectivity index (χ2n) is 7.00. The SMILES string of the molecule is CCc1c(-c2ccc(F)cc2)n[nH]c1Cc1cc(-n2nc(C)c(C#N)c2C)ncn1. The van der Waals surface area contributed by atoms with Crippen molar-refractivity contribution >= 4 is 0 Å². The van der Waals surface area contributed by atoms with Crippen LogP contribution in [-0.2, 0) is 12.8 Å². The number of aromatic nitrogens is 6. The van der Waals surface area contributed by atoms with Crippen molar-refractivity contribution in [3.05, 3.63) is 76.4 Å². The molecule has 8 heteroatoms. The minimum atomic E-state index is -0.273. The van der Waals surface area contributed by atoms with E-state index in [-0.39, 0.29) is 5.82 Å². The largest absolute Gasteiger partial charge is 0.281 e. The molecule has 0 aliphatic heterocycles. The molecule has 0 unspecified atom stereocenters. The van der Waals surface area contributed by atoms with Gasteiger partial charge in [-0.2, -0.15) is 15.5 Å². The molecular formula is C22H20FN7. The summed E-state index contributed by atoms with van der Waals surface area (Å²) in [5.41, 5.74) is 6.47. The summed E-state index contributed by atoms with van der Waals surface area (Å²) in [5.74, 6) is 0.336. The van der Waals surface area contributed by atoms with Gasteiger partial charge in [0.05, 0.1) is 28.3 Å². The Kier molecular flexibility index (Phi) is 5.11.